The zero-order chi connectivity index (χ0) is 28.1. The second-order valence-electron chi connectivity index (χ2n) is 9.87. The number of amides is 3. The Kier molecular flexibility index (Phi) is 6.29. The number of carbonyl (C=O) groups is 3. The molecule has 1 N–H and O–H groups in total. The highest BCUT2D eigenvalue weighted by atomic mass is 32.2. The third-order valence-electron chi connectivity index (χ3n) is 7.47. The second-order valence-corrected chi connectivity index (χ2v) is 12.0. The van der Waals surface area contributed by atoms with Gasteiger partial charge in [0.25, 0.3) is 0 Å². The summed E-state index contributed by atoms with van der Waals surface area (Å²) in [4.78, 5) is 60.1. The van der Waals surface area contributed by atoms with Crippen molar-refractivity contribution in [3.63, 3.8) is 0 Å². The number of fused-ring (bicyclic) bond motifs is 3. The molecule has 3 atom stereocenters. The third kappa shape index (κ3) is 4.27. The summed E-state index contributed by atoms with van der Waals surface area (Å²) in [6.07, 6.45) is 3.31. The van der Waals surface area contributed by atoms with E-state index in [0.717, 1.165) is 27.7 Å². The predicted octanol–water partition coefficient (Wildman–Crippen LogP) is 4.89. The minimum absolute atomic E-state index is 0.220. The van der Waals surface area contributed by atoms with Crippen LogP contribution in [0.3, 0.4) is 0 Å². The molecule has 8 nitrogen and oxygen atoms in total. The van der Waals surface area contributed by atoms with E-state index in [9.17, 15) is 19.2 Å². The van der Waals surface area contributed by atoms with E-state index in [0.29, 0.717) is 21.3 Å². The average Bonchev–Trinajstić information content (AvgIpc) is 3.44. The molecule has 0 radical (unpaired) electrons. The van der Waals surface area contributed by atoms with Crippen molar-refractivity contribution in [3.8, 4) is 0 Å². The first-order valence-electron chi connectivity index (χ1n) is 13.0. The third-order valence-corrected chi connectivity index (χ3v) is 10.1. The van der Waals surface area contributed by atoms with Crippen molar-refractivity contribution in [1.82, 2.24) is 9.55 Å². The van der Waals surface area contributed by atoms with Crippen molar-refractivity contribution in [2.75, 3.05) is 10.2 Å². The lowest BCUT2D eigenvalue weighted by Crippen LogP contribution is -2.33. The molecule has 0 aliphatic carbocycles. The number of imide groups is 1. The van der Waals surface area contributed by atoms with Gasteiger partial charge in [0.15, 0.2) is 0 Å². The molecule has 0 spiro atoms. The van der Waals surface area contributed by atoms with Crippen molar-refractivity contribution in [2.45, 2.75) is 22.7 Å². The summed E-state index contributed by atoms with van der Waals surface area (Å²) in [5.74, 6) is -2.25. The first-order chi connectivity index (χ1) is 20.0. The molecule has 2 aliphatic heterocycles. The maximum absolute atomic E-state index is 13.9. The van der Waals surface area contributed by atoms with Gasteiger partial charge in [0, 0.05) is 34.3 Å². The second kappa shape index (κ2) is 10.1. The predicted molar refractivity (Wildman–Crippen MR) is 159 cm³/mol. The normalized spacial score (nSPS) is 19.7. The van der Waals surface area contributed by atoms with Crippen molar-refractivity contribution in [3.05, 3.63) is 117 Å². The van der Waals surface area contributed by atoms with Gasteiger partial charge in [-0.05, 0) is 35.2 Å². The van der Waals surface area contributed by atoms with Gasteiger partial charge < -0.3 is 5.32 Å². The van der Waals surface area contributed by atoms with E-state index in [4.69, 9.17) is 0 Å². The van der Waals surface area contributed by atoms with Crippen molar-refractivity contribution in [1.29, 1.82) is 0 Å². The summed E-state index contributed by atoms with van der Waals surface area (Å²) < 4.78 is 1.42. The molecule has 2 aromatic heterocycles. The molecule has 2 aliphatic rings. The number of thiazole rings is 1. The van der Waals surface area contributed by atoms with Gasteiger partial charge in [-0.1, -0.05) is 83.8 Å². The molecule has 7 rings (SSSR count). The van der Waals surface area contributed by atoms with Gasteiger partial charge in [-0.3, -0.25) is 28.7 Å². The number of rotatable bonds is 5. The van der Waals surface area contributed by atoms with E-state index in [1.807, 2.05) is 54.6 Å². The Morgan fingerprint density at radius 1 is 0.878 bits per heavy atom. The number of nitrogens with zero attached hydrogens (tertiary/aromatic N) is 3. The number of aromatic nitrogens is 2. The van der Waals surface area contributed by atoms with Crippen LogP contribution in [0.25, 0.3) is 10.8 Å². The van der Waals surface area contributed by atoms with Gasteiger partial charge in [0.05, 0.1) is 16.6 Å². The quantitative estimate of drug-likeness (QED) is 0.298. The van der Waals surface area contributed by atoms with Crippen LogP contribution in [0.4, 0.5) is 11.4 Å². The number of para-hydroxylation sites is 1. The first-order valence-corrected chi connectivity index (χ1v) is 14.7. The standard InChI is InChI=1S/C31H22N4O4S2/c36-23(33-22-14-6-9-18-8-4-5-13-21(18)22)17-34-30-27(41-31(34)39)24(19-10-7-15-32-16-19)25-26(40-30)29(38)35(28(25)37)20-11-2-1-3-12-20/h1-16,24-26H,17H2,(H,33,36)/t24-,25?,26?/m1/s1. The van der Waals surface area contributed by atoms with Crippen LogP contribution in [0, 0.1) is 5.92 Å². The Bertz CT molecular complexity index is 1880. The van der Waals surface area contributed by atoms with Gasteiger partial charge in [0.2, 0.25) is 17.7 Å². The van der Waals surface area contributed by atoms with Crippen LogP contribution < -0.4 is 15.1 Å². The maximum Gasteiger partial charge on any atom is 0.308 e. The Labute approximate surface area is 242 Å². The number of anilines is 2. The number of thioether (sulfide) groups is 1. The topological polar surface area (TPSA) is 101 Å². The fourth-order valence-corrected chi connectivity index (χ4v) is 8.45. The lowest BCUT2D eigenvalue weighted by Gasteiger charge is -2.30. The van der Waals surface area contributed by atoms with Gasteiger partial charge in [-0.25, -0.2) is 4.90 Å². The Balaban J connectivity index is 1.27. The van der Waals surface area contributed by atoms with E-state index in [-0.39, 0.29) is 29.1 Å². The van der Waals surface area contributed by atoms with Crippen molar-refractivity contribution in [2.24, 2.45) is 5.92 Å². The van der Waals surface area contributed by atoms with E-state index in [1.165, 1.54) is 21.2 Å². The SMILES string of the molecule is O=C(Cn1c2c(sc1=O)[C@H](c1cccnc1)C1C(=O)N(c3ccccc3)C(=O)C1S2)Nc1cccc2ccccc12. The zero-order valence-electron chi connectivity index (χ0n) is 21.5. The summed E-state index contributed by atoms with van der Waals surface area (Å²) in [6, 6.07) is 25.9. The Morgan fingerprint density at radius 3 is 2.46 bits per heavy atom. The van der Waals surface area contributed by atoms with Gasteiger partial charge in [0.1, 0.15) is 11.8 Å². The van der Waals surface area contributed by atoms with Crippen LogP contribution in [-0.2, 0) is 20.9 Å². The van der Waals surface area contributed by atoms with Crippen molar-refractivity contribution >= 4 is 63.0 Å². The minimum Gasteiger partial charge on any atom is -0.324 e. The molecule has 3 amide bonds. The van der Waals surface area contributed by atoms with Crippen LogP contribution in [0.1, 0.15) is 16.4 Å². The van der Waals surface area contributed by atoms with Crippen LogP contribution in [0.2, 0.25) is 0 Å². The number of benzene rings is 3. The fourth-order valence-electron chi connectivity index (χ4n) is 5.67. The molecule has 0 saturated carbocycles. The van der Waals surface area contributed by atoms with Crippen LogP contribution in [-0.4, -0.2) is 32.5 Å². The van der Waals surface area contributed by atoms with Gasteiger partial charge >= 0.3 is 4.87 Å². The molecule has 2 unspecified atom stereocenters. The number of nitrogens with one attached hydrogen (secondary N) is 1. The highest BCUT2D eigenvalue weighted by molar-refractivity contribution is 8.00. The van der Waals surface area contributed by atoms with E-state index >= 15 is 0 Å². The number of hydrogen-bond acceptors (Lipinski definition) is 7. The van der Waals surface area contributed by atoms with E-state index in [1.54, 1.807) is 42.7 Å². The smallest absolute Gasteiger partial charge is 0.308 e. The van der Waals surface area contributed by atoms with Crippen LogP contribution in [0.5, 0.6) is 0 Å². The molecule has 3 aromatic carbocycles. The molecule has 5 aromatic rings. The summed E-state index contributed by atoms with van der Waals surface area (Å²) in [6.45, 7) is -0.220. The largest absolute Gasteiger partial charge is 0.324 e. The lowest BCUT2D eigenvalue weighted by molar-refractivity contribution is -0.122. The highest BCUT2D eigenvalue weighted by Gasteiger charge is 2.56. The number of pyridine rings is 1. The monoisotopic (exact) mass is 578 g/mol. The first kappa shape index (κ1) is 25.4. The van der Waals surface area contributed by atoms with E-state index < -0.39 is 17.1 Å². The molecule has 41 heavy (non-hydrogen) atoms. The Hall–Kier alpha value is -4.54. The minimum atomic E-state index is -0.748. The van der Waals surface area contributed by atoms with Gasteiger partial charge in [-0.2, -0.15) is 0 Å². The number of hydrogen-bond donors (Lipinski definition) is 1. The molecule has 1 fully saturated rings. The average molecular weight is 579 g/mol. The molecule has 1 saturated heterocycles. The molecule has 4 heterocycles. The molecular weight excluding hydrogens is 556 g/mol. The molecule has 202 valence electrons. The molecular formula is C31H22N4O4S2. The summed E-state index contributed by atoms with van der Waals surface area (Å²) in [7, 11) is 0. The Morgan fingerprint density at radius 2 is 1.66 bits per heavy atom. The molecule has 10 heteroatoms. The summed E-state index contributed by atoms with van der Waals surface area (Å²) in [5.41, 5.74) is 1.91. The maximum atomic E-state index is 13.9. The van der Waals surface area contributed by atoms with E-state index in [2.05, 4.69) is 10.3 Å². The zero-order valence-corrected chi connectivity index (χ0v) is 23.1. The number of carbonyl (C=O) groups excluding carboxylic acids is 3. The van der Waals surface area contributed by atoms with Crippen LogP contribution in [0.15, 0.2) is 107 Å². The van der Waals surface area contributed by atoms with Crippen molar-refractivity contribution < 1.29 is 14.4 Å². The fraction of sp³-hybridized carbons (Fsp3) is 0.129. The summed E-state index contributed by atoms with van der Waals surface area (Å²) in [5, 5.41) is 4.63. The highest BCUT2D eigenvalue weighted by Crippen LogP contribution is 2.53. The lowest BCUT2D eigenvalue weighted by atomic mass is 9.84. The summed E-state index contributed by atoms with van der Waals surface area (Å²) >= 11 is 2.21. The van der Waals surface area contributed by atoms with Crippen LogP contribution >= 0.6 is 23.1 Å². The van der Waals surface area contributed by atoms with Gasteiger partial charge in [-0.15, -0.1) is 0 Å². The molecule has 0 bridgehead atoms.